The smallest absolute Gasteiger partial charge is 0.0558 e. The molecule has 4 nitrogen and oxygen atoms in total. The van der Waals surface area contributed by atoms with Crippen LogP contribution in [0.15, 0.2) is 0 Å². The highest BCUT2D eigenvalue weighted by Crippen LogP contribution is 2.14. The zero-order valence-electron chi connectivity index (χ0n) is 11.7. The van der Waals surface area contributed by atoms with Crippen LogP contribution >= 0.6 is 0 Å². The van der Waals surface area contributed by atoms with Gasteiger partial charge < -0.3 is 14.9 Å². The Bertz CT molecular complexity index is 199. The van der Waals surface area contributed by atoms with Gasteiger partial charge in [-0.25, -0.2) is 0 Å². The van der Waals surface area contributed by atoms with Gasteiger partial charge in [-0.2, -0.15) is 0 Å². The van der Waals surface area contributed by atoms with Crippen LogP contribution < -0.4 is 0 Å². The van der Waals surface area contributed by atoms with Gasteiger partial charge >= 0.3 is 0 Å². The minimum Gasteiger partial charge on any atom is -0.395 e. The molecule has 1 N–H and O–H groups in total. The van der Waals surface area contributed by atoms with E-state index in [1.807, 2.05) is 0 Å². The SMILES string of the molecule is CN(C)CCCN1CCCC(N(C)CCO)C1. The first-order valence-electron chi connectivity index (χ1n) is 6.81. The summed E-state index contributed by atoms with van der Waals surface area (Å²) in [6.07, 6.45) is 3.83. The lowest BCUT2D eigenvalue weighted by Crippen LogP contribution is -2.47. The Kier molecular flexibility index (Phi) is 7.04. The summed E-state index contributed by atoms with van der Waals surface area (Å²) in [4.78, 5) is 7.13. The molecule has 0 amide bonds. The van der Waals surface area contributed by atoms with Crippen molar-refractivity contribution in [2.24, 2.45) is 0 Å². The molecule has 1 unspecified atom stereocenters. The molecule has 102 valence electrons. The zero-order chi connectivity index (χ0) is 12.7. The number of nitrogens with zero attached hydrogens (tertiary/aromatic N) is 3. The largest absolute Gasteiger partial charge is 0.395 e. The maximum Gasteiger partial charge on any atom is 0.0558 e. The number of piperidine rings is 1. The summed E-state index contributed by atoms with van der Waals surface area (Å²) in [5, 5.41) is 8.97. The van der Waals surface area contributed by atoms with Crippen LogP contribution in [-0.4, -0.2) is 86.3 Å². The van der Waals surface area contributed by atoms with Gasteiger partial charge in [-0.05, 0) is 60.0 Å². The molecule has 1 saturated heterocycles. The van der Waals surface area contributed by atoms with Crippen LogP contribution in [0.25, 0.3) is 0 Å². The lowest BCUT2D eigenvalue weighted by atomic mass is 10.0. The first-order valence-corrected chi connectivity index (χ1v) is 6.81. The van der Waals surface area contributed by atoms with Gasteiger partial charge in [-0.1, -0.05) is 0 Å². The molecule has 0 radical (unpaired) electrons. The Hall–Kier alpha value is -0.160. The van der Waals surface area contributed by atoms with E-state index in [4.69, 9.17) is 5.11 Å². The maximum atomic E-state index is 8.97. The molecule has 0 saturated carbocycles. The summed E-state index contributed by atoms with van der Waals surface area (Å²) in [6, 6.07) is 0.634. The first kappa shape index (κ1) is 14.9. The van der Waals surface area contributed by atoms with Crippen molar-refractivity contribution in [3.05, 3.63) is 0 Å². The van der Waals surface area contributed by atoms with Crippen LogP contribution in [0.2, 0.25) is 0 Å². The molecule has 0 aromatic rings. The fourth-order valence-corrected chi connectivity index (χ4v) is 2.54. The summed E-state index contributed by atoms with van der Waals surface area (Å²) >= 11 is 0. The van der Waals surface area contributed by atoms with Crippen LogP contribution in [0.5, 0.6) is 0 Å². The van der Waals surface area contributed by atoms with Gasteiger partial charge in [0, 0.05) is 19.1 Å². The van der Waals surface area contributed by atoms with Gasteiger partial charge in [0.15, 0.2) is 0 Å². The third-order valence-electron chi connectivity index (χ3n) is 3.64. The lowest BCUT2D eigenvalue weighted by molar-refractivity contribution is 0.0989. The molecular formula is C13H29N3O. The maximum absolute atomic E-state index is 8.97. The van der Waals surface area contributed by atoms with Crippen molar-refractivity contribution in [3.8, 4) is 0 Å². The zero-order valence-corrected chi connectivity index (χ0v) is 11.7. The highest BCUT2D eigenvalue weighted by molar-refractivity contribution is 4.79. The van der Waals surface area contributed by atoms with Gasteiger partial charge in [0.05, 0.1) is 6.61 Å². The molecule has 0 aromatic carbocycles. The van der Waals surface area contributed by atoms with Crippen LogP contribution in [-0.2, 0) is 0 Å². The molecule has 0 aliphatic carbocycles. The Morgan fingerprint density at radius 1 is 1.24 bits per heavy atom. The predicted octanol–water partition coefficient (Wildman–Crippen LogP) is 0.327. The van der Waals surface area contributed by atoms with Crippen molar-refractivity contribution in [1.82, 2.24) is 14.7 Å². The minimum absolute atomic E-state index is 0.271. The van der Waals surface area contributed by atoms with E-state index in [-0.39, 0.29) is 6.61 Å². The fraction of sp³-hybridized carbons (Fsp3) is 1.00. The van der Waals surface area contributed by atoms with E-state index in [1.165, 1.54) is 45.4 Å². The van der Waals surface area contributed by atoms with Gasteiger partial charge in [0.2, 0.25) is 0 Å². The summed E-state index contributed by atoms with van der Waals surface area (Å²) in [5.74, 6) is 0. The molecule has 1 aliphatic rings. The van der Waals surface area contributed by atoms with Gasteiger partial charge in [0.25, 0.3) is 0 Å². The number of hydrogen-bond donors (Lipinski definition) is 1. The van der Waals surface area contributed by atoms with Crippen molar-refractivity contribution in [2.75, 3.05) is 60.5 Å². The second kappa shape index (κ2) is 8.03. The van der Waals surface area contributed by atoms with Crippen LogP contribution in [0.1, 0.15) is 19.3 Å². The van der Waals surface area contributed by atoms with Crippen molar-refractivity contribution < 1.29 is 5.11 Å². The van der Waals surface area contributed by atoms with Crippen LogP contribution in [0.4, 0.5) is 0 Å². The highest BCUT2D eigenvalue weighted by atomic mass is 16.3. The van der Waals surface area contributed by atoms with Crippen LogP contribution in [0, 0.1) is 0 Å². The third kappa shape index (κ3) is 5.82. The summed E-state index contributed by atoms with van der Waals surface area (Å²) in [5.41, 5.74) is 0. The number of rotatable bonds is 7. The first-order chi connectivity index (χ1) is 8.13. The normalized spacial score (nSPS) is 22.6. The second-order valence-corrected chi connectivity index (χ2v) is 5.46. The highest BCUT2D eigenvalue weighted by Gasteiger charge is 2.22. The standard InChI is InChI=1S/C13H29N3O/c1-14(2)7-5-9-16-8-4-6-13(12-16)15(3)10-11-17/h13,17H,4-12H2,1-3H3. The molecule has 0 bridgehead atoms. The molecule has 0 spiro atoms. The molecule has 1 heterocycles. The molecule has 1 fully saturated rings. The fourth-order valence-electron chi connectivity index (χ4n) is 2.54. The summed E-state index contributed by atoms with van der Waals surface area (Å²) < 4.78 is 0. The molecule has 1 rings (SSSR count). The monoisotopic (exact) mass is 243 g/mol. The topological polar surface area (TPSA) is 30.0 Å². The van der Waals surface area contributed by atoms with E-state index >= 15 is 0 Å². The van der Waals surface area contributed by atoms with Crippen molar-refractivity contribution in [2.45, 2.75) is 25.3 Å². The molecular weight excluding hydrogens is 214 g/mol. The number of aliphatic hydroxyl groups is 1. The number of likely N-dealkylation sites (N-methyl/N-ethyl adjacent to an activating group) is 1. The average Bonchev–Trinajstić information content (AvgIpc) is 2.29. The van der Waals surface area contributed by atoms with E-state index in [0.717, 1.165) is 6.54 Å². The van der Waals surface area contributed by atoms with Crippen molar-refractivity contribution in [1.29, 1.82) is 0 Å². The van der Waals surface area contributed by atoms with Gasteiger partial charge in [-0.15, -0.1) is 0 Å². The molecule has 4 heteroatoms. The summed E-state index contributed by atoms with van der Waals surface area (Å²) in [7, 11) is 6.40. The molecule has 1 atom stereocenters. The van der Waals surface area contributed by atoms with E-state index < -0.39 is 0 Å². The van der Waals surface area contributed by atoms with Gasteiger partial charge in [0.1, 0.15) is 0 Å². The van der Waals surface area contributed by atoms with E-state index in [9.17, 15) is 0 Å². The Labute approximate surface area is 106 Å². The lowest BCUT2D eigenvalue weighted by Gasteiger charge is -2.37. The minimum atomic E-state index is 0.271. The van der Waals surface area contributed by atoms with Crippen molar-refractivity contribution in [3.63, 3.8) is 0 Å². The summed E-state index contributed by atoms with van der Waals surface area (Å²) in [6.45, 7) is 5.87. The average molecular weight is 243 g/mol. The Balaban J connectivity index is 2.23. The number of likely N-dealkylation sites (tertiary alicyclic amines) is 1. The van der Waals surface area contributed by atoms with E-state index in [1.54, 1.807) is 0 Å². The predicted molar refractivity (Wildman–Crippen MR) is 72.3 cm³/mol. The number of aliphatic hydroxyl groups excluding tert-OH is 1. The number of hydrogen-bond acceptors (Lipinski definition) is 4. The van der Waals surface area contributed by atoms with Crippen molar-refractivity contribution >= 4 is 0 Å². The molecule has 0 aromatic heterocycles. The molecule has 1 aliphatic heterocycles. The van der Waals surface area contributed by atoms with E-state index in [0.29, 0.717) is 6.04 Å². The quantitative estimate of drug-likeness (QED) is 0.698. The Morgan fingerprint density at radius 3 is 2.65 bits per heavy atom. The van der Waals surface area contributed by atoms with Gasteiger partial charge in [-0.3, -0.25) is 4.90 Å². The Morgan fingerprint density at radius 2 is 2.00 bits per heavy atom. The third-order valence-corrected chi connectivity index (χ3v) is 3.64. The molecule has 17 heavy (non-hydrogen) atoms. The van der Waals surface area contributed by atoms with Crippen LogP contribution in [0.3, 0.4) is 0 Å². The second-order valence-electron chi connectivity index (χ2n) is 5.46. The van der Waals surface area contributed by atoms with E-state index in [2.05, 4.69) is 35.8 Å².